The Kier molecular flexibility index (Phi) is 4.35. The van der Waals surface area contributed by atoms with Gasteiger partial charge in [-0.1, -0.05) is 72.8 Å². The number of benzene rings is 3. The molecule has 0 aliphatic carbocycles. The van der Waals surface area contributed by atoms with Gasteiger partial charge in [-0.2, -0.15) is 0 Å². The van der Waals surface area contributed by atoms with Gasteiger partial charge in [0.25, 0.3) is 0 Å². The van der Waals surface area contributed by atoms with E-state index in [9.17, 15) is 0 Å². The molecule has 2 heteroatoms. The third kappa shape index (κ3) is 3.72. The topological polar surface area (TPSA) is 9.23 Å². The van der Waals surface area contributed by atoms with Gasteiger partial charge in [0.2, 0.25) is 8.32 Å². The molecular formula is C21H22OSi. The van der Waals surface area contributed by atoms with Gasteiger partial charge in [0.05, 0.1) is 0 Å². The smallest absolute Gasteiger partial charge is 0.242 e. The zero-order chi connectivity index (χ0) is 16.3. The van der Waals surface area contributed by atoms with E-state index in [1.807, 2.05) is 12.1 Å². The summed E-state index contributed by atoms with van der Waals surface area (Å²) in [6, 6.07) is 27.4. The first-order valence-electron chi connectivity index (χ1n) is 7.97. The molecule has 0 fully saturated rings. The SMILES string of the molecule is C[Si](C)(C)Oc1cccc(-c2ccccc2)c1-c1ccccc1. The van der Waals surface area contributed by atoms with Crippen LogP contribution in [0.15, 0.2) is 78.9 Å². The van der Waals surface area contributed by atoms with E-state index in [1.165, 1.54) is 22.3 Å². The van der Waals surface area contributed by atoms with Crippen molar-refractivity contribution in [3.63, 3.8) is 0 Å². The Balaban J connectivity index is 2.22. The highest BCUT2D eigenvalue weighted by Gasteiger charge is 2.20. The molecule has 0 spiro atoms. The van der Waals surface area contributed by atoms with Gasteiger partial charge in [-0.15, -0.1) is 0 Å². The predicted octanol–water partition coefficient (Wildman–Crippen LogP) is 6.23. The second kappa shape index (κ2) is 6.43. The second-order valence-electron chi connectivity index (χ2n) is 6.63. The van der Waals surface area contributed by atoms with E-state index in [4.69, 9.17) is 4.43 Å². The van der Waals surface area contributed by atoms with E-state index in [0.29, 0.717) is 0 Å². The fraction of sp³-hybridized carbons (Fsp3) is 0.143. The lowest BCUT2D eigenvalue weighted by molar-refractivity contribution is 0.560. The van der Waals surface area contributed by atoms with Crippen LogP contribution < -0.4 is 4.43 Å². The summed E-state index contributed by atoms with van der Waals surface area (Å²) in [6.07, 6.45) is 0. The second-order valence-corrected chi connectivity index (χ2v) is 11.1. The molecule has 0 aliphatic heterocycles. The van der Waals surface area contributed by atoms with Crippen molar-refractivity contribution in [1.82, 2.24) is 0 Å². The highest BCUT2D eigenvalue weighted by atomic mass is 28.4. The molecule has 0 bridgehead atoms. The molecule has 0 saturated carbocycles. The molecule has 3 aromatic carbocycles. The quantitative estimate of drug-likeness (QED) is 0.518. The van der Waals surface area contributed by atoms with Gasteiger partial charge < -0.3 is 4.43 Å². The van der Waals surface area contributed by atoms with E-state index in [-0.39, 0.29) is 0 Å². The van der Waals surface area contributed by atoms with Crippen LogP contribution in [0, 0.1) is 0 Å². The van der Waals surface area contributed by atoms with Gasteiger partial charge in [-0.25, -0.2) is 0 Å². The first-order valence-corrected chi connectivity index (χ1v) is 11.4. The first kappa shape index (κ1) is 15.6. The predicted molar refractivity (Wildman–Crippen MR) is 101 cm³/mol. The van der Waals surface area contributed by atoms with E-state index in [2.05, 4.69) is 86.4 Å². The maximum absolute atomic E-state index is 6.39. The minimum Gasteiger partial charge on any atom is -0.544 e. The molecule has 0 aliphatic rings. The van der Waals surface area contributed by atoms with E-state index in [0.717, 1.165) is 5.75 Å². The minimum atomic E-state index is -1.69. The minimum absolute atomic E-state index is 0.983. The van der Waals surface area contributed by atoms with Crippen molar-refractivity contribution >= 4 is 8.32 Å². The third-order valence-corrected chi connectivity index (χ3v) is 4.42. The molecule has 3 aromatic rings. The fourth-order valence-corrected chi connectivity index (χ4v) is 3.54. The molecule has 0 N–H and O–H groups in total. The maximum Gasteiger partial charge on any atom is 0.242 e. The molecule has 0 amide bonds. The summed E-state index contributed by atoms with van der Waals surface area (Å²) >= 11 is 0. The summed E-state index contributed by atoms with van der Waals surface area (Å²) in [5, 5.41) is 0. The maximum atomic E-state index is 6.39. The van der Waals surface area contributed by atoms with E-state index in [1.54, 1.807) is 0 Å². The standard InChI is InChI=1S/C21H22OSi/c1-23(2,3)22-20-16-10-15-19(17-11-6-4-7-12-17)21(20)18-13-8-5-9-14-18/h4-16H,1-3H3. The van der Waals surface area contributed by atoms with Gasteiger partial charge in [-0.3, -0.25) is 0 Å². The molecule has 0 radical (unpaired) electrons. The Morgan fingerprint density at radius 1 is 0.609 bits per heavy atom. The van der Waals surface area contributed by atoms with Gasteiger partial charge in [0.1, 0.15) is 5.75 Å². The molecule has 0 saturated heterocycles. The highest BCUT2D eigenvalue weighted by Crippen LogP contribution is 2.40. The Morgan fingerprint density at radius 3 is 1.74 bits per heavy atom. The Labute approximate surface area is 139 Å². The van der Waals surface area contributed by atoms with Crippen molar-refractivity contribution < 1.29 is 4.43 Å². The number of hydrogen-bond donors (Lipinski definition) is 0. The summed E-state index contributed by atoms with van der Waals surface area (Å²) in [5.41, 5.74) is 4.81. The third-order valence-electron chi connectivity index (χ3n) is 3.59. The van der Waals surface area contributed by atoms with E-state index < -0.39 is 8.32 Å². The molecule has 116 valence electrons. The first-order chi connectivity index (χ1) is 11.0. The molecule has 3 rings (SSSR count). The lowest BCUT2D eigenvalue weighted by atomic mass is 9.94. The van der Waals surface area contributed by atoms with Crippen molar-refractivity contribution in [1.29, 1.82) is 0 Å². The van der Waals surface area contributed by atoms with Crippen LogP contribution in [0.2, 0.25) is 19.6 Å². The molecule has 0 aromatic heterocycles. The van der Waals surface area contributed by atoms with Crippen molar-refractivity contribution in [2.24, 2.45) is 0 Å². The normalized spacial score (nSPS) is 11.3. The lowest BCUT2D eigenvalue weighted by Crippen LogP contribution is -2.29. The fourth-order valence-electron chi connectivity index (χ4n) is 2.71. The van der Waals surface area contributed by atoms with Gasteiger partial charge in [-0.05, 0) is 42.4 Å². The Morgan fingerprint density at radius 2 is 1.17 bits per heavy atom. The molecule has 0 atom stereocenters. The van der Waals surface area contributed by atoms with Crippen LogP contribution in [0.5, 0.6) is 5.75 Å². The van der Waals surface area contributed by atoms with Crippen molar-refractivity contribution in [3.05, 3.63) is 78.9 Å². The van der Waals surface area contributed by atoms with Crippen molar-refractivity contribution in [3.8, 4) is 28.0 Å². The lowest BCUT2D eigenvalue weighted by Gasteiger charge is -2.23. The zero-order valence-corrected chi connectivity index (χ0v) is 14.9. The average molecular weight is 318 g/mol. The molecule has 0 heterocycles. The van der Waals surface area contributed by atoms with Crippen LogP contribution >= 0.6 is 0 Å². The van der Waals surface area contributed by atoms with Gasteiger partial charge in [0, 0.05) is 5.56 Å². The van der Waals surface area contributed by atoms with Crippen molar-refractivity contribution in [2.45, 2.75) is 19.6 Å². The summed E-state index contributed by atoms with van der Waals surface area (Å²) in [6.45, 7) is 6.66. The summed E-state index contributed by atoms with van der Waals surface area (Å²) in [7, 11) is -1.69. The summed E-state index contributed by atoms with van der Waals surface area (Å²) in [5.74, 6) is 0.983. The molecule has 0 unspecified atom stereocenters. The van der Waals surface area contributed by atoms with Crippen LogP contribution in [-0.4, -0.2) is 8.32 Å². The van der Waals surface area contributed by atoms with Crippen LogP contribution in [-0.2, 0) is 0 Å². The van der Waals surface area contributed by atoms with Crippen molar-refractivity contribution in [2.75, 3.05) is 0 Å². The monoisotopic (exact) mass is 318 g/mol. The van der Waals surface area contributed by atoms with E-state index >= 15 is 0 Å². The Bertz CT molecular complexity index is 774. The molecule has 23 heavy (non-hydrogen) atoms. The zero-order valence-electron chi connectivity index (χ0n) is 13.9. The Hall–Kier alpha value is -2.32. The number of hydrogen-bond acceptors (Lipinski definition) is 1. The van der Waals surface area contributed by atoms with Crippen LogP contribution in [0.3, 0.4) is 0 Å². The summed E-state index contributed by atoms with van der Waals surface area (Å²) < 4.78 is 6.39. The molecule has 1 nitrogen and oxygen atoms in total. The number of rotatable bonds is 4. The largest absolute Gasteiger partial charge is 0.544 e. The van der Waals surface area contributed by atoms with Crippen LogP contribution in [0.25, 0.3) is 22.3 Å². The molecular weight excluding hydrogens is 296 g/mol. The van der Waals surface area contributed by atoms with Gasteiger partial charge in [0.15, 0.2) is 0 Å². The van der Waals surface area contributed by atoms with Crippen LogP contribution in [0.1, 0.15) is 0 Å². The average Bonchev–Trinajstić information content (AvgIpc) is 2.55. The van der Waals surface area contributed by atoms with Gasteiger partial charge >= 0.3 is 0 Å². The van der Waals surface area contributed by atoms with Crippen LogP contribution in [0.4, 0.5) is 0 Å². The highest BCUT2D eigenvalue weighted by molar-refractivity contribution is 6.70. The summed E-state index contributed by atoms with van der Waals surface area (Å²) in [4.78, 5) is 0.